The third-order valence-corrected chi connectivity index (χ3v) is 1.28. The molecule has 0 radical (unpaired) electrons. The molecule has 0 bridgehead atoms. The van der Waals surface area contributed by atoms with Crippen molar-refractivity contribution in [2.45, 2.75) is 24.9 Å². The lowest BCUT2D eigenvalue weighted by molar-refractivity contribution is -0.211. The highest BCUT2D eigenvalue weighted by molar-refractivity contribution is 4.70. The van der Waals surface area contributed by atoms with E-state index in [0.717, 1.165) is 0 Å². The van der Waals surface area contributed by atoms with Gasteiger partial charge in [-0.2, -0.15) is 0 Å². The van der Waals surface area contributed by atoms with Gasteiger partial charge in [-0.3, -0.25) is 0 Å². The van der Waals surface area contributed by atoms with Gasteiger partial charge < -0.3 is 20.1 Å². The highest BCUT2D eigenvalue weighted by atomic mass is 16.6. The molecule has 1 rings (SSSR count). The summed E-state index contributed by atoms with van der Waals surface area (Å²) in [6.07, 6.45) is -2.21. The van der Waals surface area contributed by atoms with Gasteiger partial charge >= 0.3 is 0 Å². The van der Waals surface area contributed by atoms with E-state index >= 15 is 0 Å². The fourth-order valence-corrected chi connectivity index (χ4v) is 0.775. The molecule has 0 aliphatic carbocycles. The van der Waals surface area contributed by atoms with Gasteiger partial charge in [-0.05, 0) is 0 Å². The normalized spacial score (nSPS) is 46.4. The largest absolute Gasteiger partial charge is 0.391 e. The molecule has 0 aromatic rings. The third-order valence-electron chi connectivity index (χ3n) is 1.28. The van der Waals surface area contributed by atoms with Crippen molar-refractivity contribution in [3.63, 3.8) is 0 Å². The maximum atomic E-state index is 9.01. The molecule has 1 saturated heterocycles. The van der Waals surface area contributed by atoms with Crippen LogP contribution in [0.2, 0.25) is 0 Å². The first-order chi connectivity index (χ1) is 4.74. The summed E-state index contributed by atoms with van der Waals surface area (Å²) in [6.45, 7) is 0.126. The van der Waals surface area contributed by atoms with Crippen LogP contribution in [0.25, 0.3) is 0 Å². The lowest BCUT2D eigenvalue weighted by Gasteiger charge is -2.26. The highest BCUT2D eigenvalue weighted by Crippen LogP contribution is 2.11. The minimum absolute atomic E-state index is 0.126. The zero-order chi connectivity index (χ0) is 7.56. The van der Waals surface area contributed by atoms with Gasteiger partial charge in [-0.1, -0.05) is 0 Å². The summed E-state index contributed by atoms with van der Waals surface area (Å²) in [5.74, 6) is 0. The number of hydrogen-bond donors (Lipinski definition) is 3. The zero-order valence-corrected chi connectivity index (χ0v) is 4.86. The summed E-state index contributed by atoms with van der Waals surface area (Å²) in [6, 6.07) is 0. The van der Waals surface area contributed by atoms with Crippen LogP contribution < -0.4 is 0 Å². The van der Waals surface area contributed by atoms with Gasteiger partial charge in [0.1, 0.15) is 6.10 Å². The molecule has 0 saturated carbocycles. The Morgan fingerprint density at radius 2 is 2.33 bits per heavy atom. The van der Waals surface area contributed by atoms with Crippen LogP contribution in [0.4, 0.5) is 0 Å². The van der Waals surface area contributed by atoms with E-state index in [4.69, 9.17) is 16.4 Å². The SMILES string of the molecule is [3H]OC1OCC(O)CC1O. The van der Waals surface area contributed by atoms with Crippen molar-refractivity contribution in [2.75, 3.05) is 6.61 Å². The van der Waals surface area contributed by atoms with E-state index in [1.807, 2.05) is 0 Å². The molecule has 1 fully saturated rings. The number of rotatable bonds is 1. The Balaban J connectivity index is 2.36. The van der Waals surface area contributed by atoms with Gasteiger partial charge in [0.2, 0.25) is 1.43 Å². The molecule has 0 aromatic carbocycles. The smallest absolute Gasteiger partial charge is 0.213 e. The summed E-state index contributed by atoms with van der Waals surface area (Å²) >= 11 is 0. The molecule has 0 amide bonds. The van der Waals surface area contributed by atoms with Gasteiger partial charge in [0.15, 0.2) is 6.29 Å². The first-order valence-electron chi connectivity index (χ1n) is 3.24. The molecule has 0 spiro atoms. The van der Waals surface area contributed by atoms with E-state index in [-0.39, 0.29) is 13.0 Å². The minimum atomic E-state index is -0.900. The van der Waals surface area contributed by atoms with Crippen molar-refractivity contribution in [3.05, 3.63) is 0 Å². The Morgan fingerprint density at radius 1 is 1.56 bits per heavy atom. The van der Waals surface area contributed by atoms with E-state index in [0.29, 0.717) is 0 Å². The fraction of sp³-hybridized carbons (Fsp3) is 1.00. The standard InChI is InChI=1S/C5H10O4/c6-3-1-4(7)5(8)9-2-3/h3-8H,1-2H2/i8T. The van der Waals surface area contributed by atoms with Crippen LogP contribution in [0.15, 0.2) is 0 Å². The molecule has 3 N–H and O–H groups in total. The molecule has 54 valence electrons. The van der Waals surface area contributed by atoms with Crippen molar-refractivity contribution in [3.8, 4) is 0 Å². The molecule has 0 aromatic heterocycles. The lowest BCUT2D eigenvalue weighted by Crippen LogP contribution is -2.40. The monoisotopic (exact) mass is 136 g/mol. The van der Waals surface area contributed by atoms with E-state index < -0.39 is 18.5 Å². The number of aliphatic hydroxyl groups excluding tert-OH is 3. The van der Waals surface area contributed by atoms with Gasteiger partial charge in [0, 0.05) is 6.42 Å². The summed E-state index contributed by atoms with van der Waals surface area (Å²) < 4.78 is 11.2. The van der Waals surface area contributed by atoms with Crippen LogP contribution in [0.1, 0.15) is 6.42 Å². The molecule has 3 unspecified atom stereocenters. The highest BCUT2D eigenvalue weighted by Gasteiger charge is 2.26. The maximum Gasteiger partial charge on any atom is 0.213 e. The topological polar surface area (TPSA) is 69.9 Å². The number of aliphatic hydroxyl groups is 3. The molecule has 3 atom stereocenters. The van der Waals surface area contributed by atoms with Crippen molar-refractivity contribution >= 4 is 0 Å². The Hall–Kier alpha value is -0.160. The minimum Gasteiger partial charge on any atom is -0.391 e. The average molecular weight is 136 g/mol. The molecule has 1 aliphatic rings. The summed E-state index contributed by atoms with van der Waals surface area (Å²) in [7, 11) is 0. The molecule has 4 nitrogen and oxygen atoms in total. The second-order valence-corrected chi connectivity index (χ2v) is 2.16. The van der Waals surface area contributed by atoms with Gasteiger partial charge in [-0.15, -0.1) is 0 Å². The van der Waals surface area contributed by atoms with Crippen LogP contribution in [0.3, 0.4) is 0 Å². The zero-order valence-electron chi connectivity index (χ0n) is 5.86. The average Bonchev–Trinajstić information content (AvgIpc) is 1.88. The molecule has 9 heavy (non-hydrogen) atoms. The third kappa shape index (κ3) is 1.62. The number of hydrogen-bond acceptors (Lipinski definition) is 4. The quantitative estimate of drug-likeness (QED) is 0.408. The molecule has 1 heterocycles. The van der Waals surface area contributed by atoms with Crippen molar-refractivity contribution < 1.29 is 20.1 Å². The van der Waals surface area contributed by atoms with Crippen molar-refractivity contribution in [1.82, 2.24) is 0 Å². The summed E-state index contributed by atoms with van der Waals surface area (Å²) in [4.78, 5) is 0. The van der Waals surface area contributed by atoms with Crippen LogP contribution in [0, 0.1) is 0 Å². The summed E-state index contributed by atoms with van der Waals surface area (Å²) in [5.41, 5.74) is 0. The van der Waals surface area contributed by atoms with Crippen molar-refractivity contribution in [2.24, 2.45) is 0 Å². The van der Waals surface area contributed by atoms with Gasteiger partial charge in [0.05, 0.1) is 12.7 Å². The van der Waals surface area contributed by atoms with Crippen LogP contribution >= 0.6 is 0 Å². The first kappa shape index (κ1) is 5.61. The van der Waals surface area contributed by atoms with E-state index in [2.05, 4.69) is 5.11 Å². The maximum absolute atomic E-state index is 9.01. The van der Waals surface area contributed by atoms with Gasteiger partial charge in [-0.25, -0.2) is 0 Å². The second kappa shape index (κ2) is 2.62. The Bertz CT molecular complexity index is 110. The van der Waals surface area contributed by atoms with E-state index in [9.17, 15) is 0 Å². The molecular weight excluding hydrogens is 124 g/mol. The predicted octanol–water partition coefficient (Wildman–Crippen LogP) is -1.55. The Labute approximate surface area is 54.2 Å². The predicted molar refractivity (Wildman–Crippen MR) is 28.6 cm³/mol. The van der Waals surface area contributed by atoms with Crippen LogP contribution in [0.5, 0.6) is 0 Å². The van der Waals surface area contributed by atoms with E-state index in [1.54, 1.807) is 0 Å². The first-order valence-corrected chi connectivity index (χ1v) is 2.83. The Kier molecular flexibility index (Phi) is 1.63. The molecule has 1 aliphatic heterocycles. The molecule has 4 heteroatoms. The number of ether oxygens (including phenoxy) is 1. The second-order valence-electron chi connectivity index (χ2n) is 2.16. The van der Waals surface area contributed by atoms with Crippen molar-refractivity contribution in [1.29, 1.82) is 1.43 Å². The summed E-state index contributed by atoms with van der Waals surface area (Å²) in [5, 5.41) is 21.9. The Morgan fingerprint density at radius 3 is 2.89 bits per heavy atom. The van der Waals surface area contributed by atoms with E-state index in [1.165, 1.54) is 0 Å². The molecular formula is C5H10O4. The fourth-order valence-electron chi connectivity index (χ4n) is 0.775. The van der Waals surface area contributed by atoms with Gasteiger partial charge in [0.25, 0.3) is 0 Å². The lowest BCUT2D eigenvalue weighted by atomic mass is 10.1. The van der Waals surface area contributed by atoms with Crippen LogP contribution in [-0.2, 0) is 4.74 Å². The van der Waals surface area contributed by atoms with Crippen LogP contribution in [-0.4, -0.2) is 41.9 Å².